The molecule has 0 saturated carbocycles. The van der Waals surface area contributed by atoms with Crippen molar-refractivity contribution in [1.29, 1.82) is 0 Å². The van der Waals surface area contributed by atoms with Crippen LogP contribution in [0.1, 0.15) is 19.5 Å². The minimum atomic E-state index is -3.45. The number of aliphatic carboxylic acids is 1. The van der Waals surface area contributed by atoms with Crippen LogP contribution in [-0.2, 0) is 14.8 Å². The molecular weight excluding hydrogens is 256 g/mol. The van der Waals surface area contributed by atoms with Crippen molar-refractivity contribution in [1.82, 2.24) is 4.98 Å². The van der Waals surface area contributed by atoms with Crippen molar-refractivity contribution in [3.63, 3.8) is 0 Å². The second-order valence-corrected chi connectivity index (χ2v) is 6.05. The molecule has 1 rings (SSSR count). The Labute approximate surface area is 105 Å². The standard InChI is InChI=1S/C11H14N2O4S/c1-8(2)18(16,17)13-10-5-3-4-9(12-10)6-7-11(14)15/h3-8H,1-2H3,(H,12,13)(H,14,15). The van der Waals surface area contributed by atoms with Crippen LogP contribution < -0.4 is 4.72 Å². The molecule has 1 aromatic heterocycles. The van der Waals surface area contributed by atoms with Crippen LogP contribution in [0.25, 0.3) is 6.08 Å². The summed E-state index contributed by atoms with van der Waals surface area (Å²) in [5.74, 6) is -0.929. The summed E-state index contributed by atoms with van der Waals surface area (Å²) >= 11 is 0. The molecule has 2 N–H and O–H groups in total. The highest BCUT2D eigenvalue weighted by molar-refractivity contribution is 7.93. The maximum absolute atomic E-state index is 11.6. The van der Waals surface area contributed by atoms with Crippen molar-refractivity contribution in [2.24, 2.45) is 0 Å². The molecule has 6 nitrogen and oxygen atoms in total. The fourth-order valence-electron chi connectivity index (χ4n) is 1.02. The Morgan fingerprint density at radius 1 is 1.44 bits per heavy atom. The molecular formula is C11H14N2O4S. The fourth-order valence-corrected chi connectivity index (χ4v) is 1.66. The van der Waals surface area contributed by atoms with E-state index < -0.39 is 21.2 Å². The number of sulfonamides is 1. The lowest BCUT2D eigenvalue weighted by molar-refractivity contribution is -0.131. The van der Waals surface area contributed by atoms with E-state index in [9.17, 15) is 13.2 Å². The zero-order valence-electron chi connectivity index (χ0n) is 9.99. The van der Waals surface area contributed by atoms with Crippen molar-refractivity contribution in [2.45, 2.75) is 19.1 Å². The van der Waals surface area contributed by atoms with Crippen LogP contribution in [0.15, 0.2) is 24.3 Å². The summed E-state index contributed by atoms with van der Waals surface area (Å²) in [5.41, 5.74) is 0.362. The van der Waals surface area contributed by atoms with Gasteiger partial charge in [-0.1, -0.05) is 6.07 Å². The molecule has 0 aromatic carbocycles. The van der Waals surface area contributed by atoms with Gasteiger partial charge in [0, 0.05) is 6.08 Å². The Morgan fingerprint density at radius 2 is 2.11 bits per heavy atom. The predicted octanol–water partition coefficient (Wildman–Crippen LogP) is 1.33. The molecule has 0 atom stereocenters. The fraction of sp³-hybridized carbons (Fsp3) is 0.273. The molecule has 0 radical (unpaired) electrons. The molecule has 1 heterocycles. The third-order valence-corrected chi connectivity index (χ3v) is 3.77. The Morgan fingerprint density at radius 3 is 2.67 bits per heavy atom. The number of aromatic nitrogens is 1. The number of carboxylic acids is 1. The van der Waals surface area contributed by atoms with Crippen molar-refractivity contribution in [3.05, 3.63) is 30.0 Å². The van der Waals surface area contributed by atoms with E-state index in [1.54, 1.807) is 26.0 Å². The molecule has 0 aliphatic heterocycles. The Kier molecular flexibility index (Phi) is 4.43. The van der Waals surface area contributed by atoms with E-state index >= 15 is 0 Å². The lowest BCUT2D eigenvalue weighted by atomic mass is 10.3. The molecule has 0 aliphatic carbocycles. The van der Waals surface area contributed by atoms with E-state index in [4.69, 9.17) is 5.11 Å². The maximum Gasteiger partial charge on any atom is 0.328 e. The minimum Gasteiger partial charge on any atom is -0.478 e. The summed E-state index contributed by atoms with van der Waals surface area (Å²) in [5, 5.41) is 7.91. The Balaban J connectivity index is 2.93. The van der Waals surface area contributed by atoms with E-state index in [1.807, 2.05) is 0 Å². The highest BCUT2D eigenvalue weighted by Gasteiger charge is 2.15. The largest absolute Gasteiger partial charge is 0.478 e. The molecule has 0 spiro atoms. The van der Waals surface area contributed by atoms with Crippen molar-refractivity contribution in [2.75, 3.05) is 4.72 Å². The quantitative estimate of drug-likeness (QED) is 0.787. The summed E-state index contributed by atoms with van der Waals surface area (Å²) in [7, 11) is -3.45. The van der Waals surface area contributed by atoms with Gasteiger partial charge in [0.25, 0.3) is 0 Å². The second-order valence-electron chi connectivity index (χ2n) is 3.82. The molecule has 0 fully saturated rings. The minimum absolute atomic E-state index is 0.163. The van der Waals surface area contributed by atoms with E-state index in [-0.39, 0.29) is 5.82 Å². The maximum atomic E-state index is 11.6. The molecule has 0 aliphatic rings. The Hall–Kier alpha value is -1.89. The summed E-state index contributed by atoms with van der Waals surface area (Å²) in [4.78, 5) is 14.3. The van der Waals surface area contributed by atoms with E-state index in [1.165, 1.54) is 12.1 Å². The normalized spacial score (nSPS) is 11.9. The molecule has 7 heteroatoms. The zero-order chi connectivity index (χ0) is 13.8. The number of hydrogen-bond acceptors (Lipinski definition) is 4. The number of hydrogen-bond donors (Lipinski definition) is 2. The smallest absolute Gasteiger partial charge is 0.328 e. The molecule has 98 valence electrons. The van der Waals surface area contributed by atoms with Crippen LogP contribution in [0.3, 0.4) is 0 Å². The van der Waals surface area contributed by atoms with Crippen LogP contribution in [0.5, 0.6) is 0 Å². The van der Waals surface area contributed by atoms with Crippen LogP contribution in [-0.4, -0.2) is 29.7 Å². The highest BCUT2D eigenvalue weighted by atomic mass is 32.2. The summed E-state index contributed by atoms with van der Waals surface area (Å²) < 4.78 is 25.6. The van der Waals surface area contributed by atoms with Crippen LogP contribution >= 0.6 is 0 Å². The first-order valence-corrected chi connectivity index (χ1v) is 6.75. The Bertz CT molecular complexity index is 564. The van der Waals surface area contributed by atoms with E-state index in [2.05, 4.69) is 9.71 Å². The SMILES string of the molecule is CC(C)S(=O)(=O)Nc1cccc(C=CC(=O)O)n1. The molecule has 1 aromatic rings. The molecule has 0 amide bonds. The van der Waals surface area contributed by atoms with Gasteiger partial charge in [0.15, 0.2) is 0 Å². The summed E-state index contributed by atoms with van der Waals surface area (Å²) in [6, 6.07) is 4.66. The van der Waals surface area contributed by atoms with Crippen LogP contribution in [0, 0.1) is 0 Å². The lowest BCUT2D eigenvalue weighted by Gasteiger charge is -2.10. The van der Waals surface area contributed by atoms with Crippen molar-refractivity contribution < 1.29 is 18.3 Å². The van der Waals surface area contributed by atoms with Gasteiger partial charge in [-0.25, -0.2) is 18.2 Å². The highest BCUT2D eigenvalue weighted by Crippen LogP contribution is 2.10. The lowest BCUT2D eigenvalue weighted by Crippen LogP contribution is -2.23. The van der Waals surface area contributed by atoms with Gasteiger partial charge >= 0.3 is 5.97 Å². The van der Waals surface area contributed by atoms with Crippen LogP contribution in [0.2, 0.25) is 0 Å². The van der Waals surface area contributed by atoms with Gasteiger partial charge in [-0.05, 0) is 32.1 Å². The van der Waals surface area contributed by atoms with E-state index in [0.29, 0.717) is 5.69 Å². The topological polar surface area (TPSA) is 96.4 Å². The van der Waals surface area contributed by atoms with Gasteiger partial charge in [0.2, 0.25) is 10.0 Å². The first-order valence-electron chi connectivity index (χ1n) is 5.21. The number of nitrogens with zero attached hydrogens (tertiary/aromatic N) is 1. The van der Waals surface area contributed by atoms with Crippen LogP contribution in [0.4, 0.5) is 5.82 Å². The van der Waals surface area contributed by atoms with Gasteiger partial charge in [-0.3, -0.25) is 4.72 Å². The number of anilines is 1. The second kappa shape index (κ2) is 5.63. The van der Waals surface area contributed by atoms with Gasteiger partial charge < -0.3 is 5.11 Å². The predicted molar refractivity (Wildman–Crippen MR) is 68.6 cm³/mol. The van der Waals surface area contributed by atoms with E-state index in [0.717, 1.165) is 6.08 Å². The summed E-state index contributed by atoms with van der Waals surface area (Å²) in [6.45, 7) is 3.10. The molecule has 0 saturated heterocycles. The number of carboxylic acid groups (broad SMARTS) is 1. The first-order chi connectivity index (χ1) is 8.31. The van der Waals surface area contributed by atoms with Gasteiger partial charge in [-0.15, -0.1) is 0 Å². The average molecular weight is 270 g/mol. The first kappa shape index (κ1) is 14.2. The van der Waals surface area contributed by atoms with Crippen molar-refractivity contribution in [3.8, 4) is 0 Å². The number of pyridine rings is 1. The van der Waals surface area contributed by atoms with Crippen molar-refractivity contribution >= 4 is 27.9 Å². The van der Waals surface area contributed by atoms with Gasteiger partial charge in [0.05, 0.1) is 10.9 Å². The molecule has 0 bridgehead atoms. The third kappa shape index (κ3) is 4.17. The van der Waals surface area contributed by atoms with Gasteiger partial charge in [-0.2, -0.15) is 0 Å². The molecule has 18 heavy (non-hydrogen) atoms. The van der Waals surface area contributed by atoms with Gasteiger partial charge in [0.1, 0.15) is 5.82 Å². The monoisotopic (exact) mass is 270 g/mol. The third-order valence-electron chi connectivity index (χ3n) is 2.03. The number of carbonyl (C=O) groups is 1. The zero-order valence-corrected chi connectivity index (χ0v) is 10.8. The average Bonchev–Trinajstić information content (AvgIpc) is 2.26. The number of nitrogens with one attached hydrogen (secondary N) is 1. The number of rotatable bonds is 5. The molecule has 0 unspecified atom stereocenters. The summed E-state index contributed by atoms with van der Waals surface area (Å²) in [6.07, 6.45) is 2.22.